The van der Waals surface area contributed by atoms with E-state index in [0.29, 0.717) is 37.4 Å². The van der Waals surface area contributed by atoms with Crippen LogP contribution in [0.15, 0.2) is 53.4 Å². The Labute approximate surface area is 170 Å². The largest absolute Gasteiger partial charge is 0.497 e. The molecule has 0 unspecified atom stereocenters. The maximum Gasteiger partial charge on any atom is 0.240 e. The first-order valence-corrected chi connectivity index (χ1v) is 10.9. The highest BCUT2D eigenvalue weighted by molar-refractivity contribution is 7.89. The molecule has 28 heavy (non-hydrogen) atoms. The molecule has 1 aliphatic heterocycles. The second-order valence-corrected chi connectivity index (χ2v) is 8.91. The third-order valence-electron chi connectivity index (χ3n) is 4.81. The molecular formula is C20H23ClN2O4S. The third kappa shape index (κ3) is 5.25. The number of rotatable bonds is 6. The Hall–Kier alpha value is -2.09. The number of halogens is 1. The zero-order chi connectivity index (χ0) is 20.1. The normalized spacial score (nSPS) is 15.4. The van der Waals surface area contributed by atoms with E-state index in [2.05, 4.69) is 4.72 Å². The predicted molar refractivity (Wildman–Crippen MR) is 108 cm³/mol. The van der Waals surface area contributed by atoms with Gasteiger partial charge in [-0.2, -0.15) is 0 Å². The minimum atomic E-state index is -3.59. The summed E-state index contributed by atoms with van der Waals surface area (Å²) >= 11 is 5.81. The van der Waals surface area contributed by atoms with E-state index in [0.717, 1.165) is 11.3 Å². The molecule has 0 aromatic heterocycles. The van der Waals surface area contributed by atoms with Gasteiger partial charge in [0, 0.05) is 24.2 Å². The third-order valence-corrected chi connectivity index (χ3v) is 6.60. The van der Waals surface area contributed by atoms with Crippen LogP contribution in [0.3, 0.4) is 0 Å². The zero-order valence-electron chi connectivity index (χ0n) is 15.6. The van der Waals surface area contributed by atoms with Crippen molar-refractivity contribution in [3.05, 3.63) is 59.1 Å². The second-order valence-electron chi connectivity index (χ2n) is 6.76. The number of nitrogens with one attached hydrogen (secondary N) is 1. The molecule has 3 rings (SSSR count). The lowest BCUT2D eigenvalue weighted by atomic mass is 10.0. The van der Waals surface area contributed by atoms with Crippen molar-refractivity contribution in [2.45, 2.75) is 30.2 Å². The van der Waals surface area contributed by atoms with Crippen LogP contribution in [0.5, 0.6) is 5.75 Å². The fraction of sp³-hybridized carbons (Fsp3) is 0.350. The van der Waals surface area contributed by atoms with Crippen LogP contribution in [-0.2, 0) is 21.2 Å². The number of piperidine rings is 1. The minimum absolute atomic E-state index is 0.0455. The van der Waals surface area contributed by atoms with Crippen LogP contribution < -0.4 is 9.46 Å². The molecule has 0 spiro atoms. The van der Waals surface area contributed by atoms with Crippen molar-refractivity contribution in [2.75, 3.05) is 20.2 Å². The van der Waals surface area contributed by atoms with E-state index in [4.69, 9.17) is 16.3 Å². The zero-order valence-corrected chi connectivity index (χ0v) is 17.2. The summed E-state index contributed by atoms with van der Waals surface area (Å²) in [4.78, 5) is 14.5. The summed E-state index contributed by atoms with van der Waals surface area (Å²) in [6.45, 7) is 1.06. The quantitative estimate of drug-likeness (QED) is 0.776. The summed E-state index contributed by atoms with van der Waals surface area (Å²) < 4.78 is 32.8. The van der Waals surface area contributed by atoms with Crippen LogP contribution in [0, 0.1) is 0 Å². The summed E-state index contributed by atoms with van der Waals surface area (Å²) in [6.07, 6.45) is 1.49. The monoisotopic (exact) mass is 422 g/mol. The number of hydrogen-bond donors (Lipinski definition) is 1. The molecule has 0 bridgehead atoms. The average Bonchev–Trinajstić information content (AvgIpc) is 2.69. The molecule has 2 aromatic rings. The number of benzene rings is 2. The SMILES string of the molecule is COc1ccc(CC(=O)N2CCC(NS(=O)(=O)c3ccc(Cl)cc3)CC2)cc1. The van der Waals surface area contributed by atoms with Crippen LogP contribution >= 0.6 is 11.6 Å². The van der Waals surface area contributed by atoms with E-state index >= 15 is 0 Å². The standard InChI is InChI=1S/C20H23ClN2O4S/c1-27-18-6-2-15(3-7-18)14-20(24)23-12-10-17(11-13-23)22-28(25,26)19-8-4-16(21)5-9-19/h2-9,17,22H,10-14H2,1H3. The van der Waals surface area contributed by atoms with E-state index in [1.165, 1.54) is 12.1 Å². The molecule has 1 amide bonds. The molecule has 6 nitrogen and oxygen atoms in total. The number of ether oxygens (including phenoxy) is 1. The van der Waals surface area contributed by atoms with Gasteiger partial charge in [0.1, 0.15) is 5.75 Å². The van der Waals surface area contributed by atoms with Gasteiger partial charge in [-0.05, 0) is 54.8 Å². The highest BCUT2D eigenvalue weighted by Gasteiger charge is 2.26. The molecule has 2 aromatic carbocycles. The van der Waals surface area contributed by atoms with Crippen molar-refractivity contribution < 1.29 is 17.9 Å². The van der Waals surface area contributed by atoms with E-state index in [1.807, 2.05) is 24.3 Å². The molecule has 0 aliphatic carbocycles. The van der Waals surface area contributed by atoms with Gasteiger partial charge in [-0.3, -0.25) is 4.79 Å². The summed E-state index contributed by atoms with van der Waals surface area (Å²) in [6, 6.07) is 13.3. The van der Waals surface area contributed by atoms with E-state index in [1.54, 1.807) is 24.1 Å². The van der Waals surface area contributed by atoms with Crippen molar-refractivity contribution >= 4 is 27.5 Å². The minimum Gasteiger partial charge on any atom is -0.497 e. The molecule has 8 heteroatoms. The number of amides is 1. The number of methoxy groups -OCH3 is 1. The molecule has 1 N–H and O–H groups in total. The fourth-order valence-corrected chi connectivity index (χ4v) is 4.61. The molecular weight excluding hydrogens is 400 g/mol. The summed E-state index contributed by atoms with van der Waals surface area (Å²) in [5.74, 6) is 0.800. The second kappa shape index (κ2) is 8.94. The van der Waals surface area contributed by atoms with Gasteiger partial charge in [0.05, 0.1) is 18.4 Å². The molecule has 1 fully saturated rings. The van der Waals surface area contributed by atoms with E-state index in [-0.39, 0.29) is 16.8 Å². The smallest absolute Gasteiger partial charge is 0.240 e. The number of sulfonamides is 1. The Bertz CT molecular complexity index is 906. The van der Waals surface area contributed by atoms with Gasteiger partial charge in [-0.15, -0.1) is 0 Å². The molecule has 1 aliphatic rings. The van der Waals surface area contributed by atoms with Crippen molar-refractivity contribution in [2.24, 2.45) is 0 Å². The maximum atomic E-state index is 12.5. The van der Waals surface area contributed by atoms with Gasteiger partial charge in [-0.25, -0.2) is 13.1 Å². The Balaban J connectivity index is 1.52. The Morgan fingerprint density at radius 2 is 1.71 bits per heavy atom. The maximum absolute atomic E-state index is 12.5. The van der Waals surface area contributed by atoms with Crippen LogP contribution in [0.25, 0.3) is 0 Å². The number of carbonyl (C=O) groups is 1. The van der Waals surface area contributed by atoms with E-state index in [9.17, 15) is 13.2 Å². The van der Waals surface area contributed by atoms with E-state index < -0.39 is 10.0 Å². The highest BCUT2D eigenvalue weighted by Crippen LogP contribution is 2.18. The average molecular weight is 423 g/mol. The molecule has 0 saturated carbocycles. The predicted octanol–water partition coefficient (Wildman–Crippen LogP) is 2.86. The highest BCUT2D eigenvalue weighted by atomic mass is 35.5. The Morgan fingerprint density at radius 1 is 1.11 bits per heavy atom. The molecule has 1 heterocycles. The first-order valence-electron chi connectivity index (χ1n) is 9.06. The van der Waals surface area contributed by atoms with Crippen molar-refractivity contribution in [1.82, 2.24) is 9.62 Å². The first kappa shape index (κ1) is 20.6. The Morgan fingerprint density at radius 3 is 2.29 bits per heavy atom. The van der Waals surface area contributed by atoms with Gasteiger partial charge >= 0.3 is 0 Å². The molecule has 1 saturated heterocycles. The summed E-state index contributed by atoms with van der Waals surface area (Å²) in [5, 5.41) is 0.489. The van der Waals surface area contributed by atoms with Crippen molar-refractivity contribution in [3.63, 3.8) is 0 Å². The lowest BCUT2D eigenvalue weighted by Crippen LogP contribution is -2.46. The summed E-state index contributed by atoms with van der Waals surface area (Å²) in [5.41, 5.74) is 0.927. The van der Waals surface area contributed by atoms with Gasteiger partial charge in [0.15, 0.2) is 0 Å². The first-order chi connectivity index (χ1) is 13.4. The van der Waals surface area contributed by atoms with Gasteiger partial charge in [0.25, 0.3) is 0 Å². The Kier molecular flexibility index (Phi) is 6.59. The van der Waals surface area contributed by atoms with Gasteiger partial charge < -0.3 is 9.64 Å². The topological polar surface area (TPSA) is 75.7 Å². The van der Waals surface area contributed by atoms with Crippen molar-refractivity contribution in [3.8, 4) is 5.75 Å². The van der Waals surface area contributed by atoms with Crippen molar-refractivity contribution in [1.29, 1.82) is 0 Å². The van der Waals surface area contributed by atoms with Gasteiger partial charge in [-0.1, -0.05) is 23.7 Å². The van der Waals surface area contributed by atoms with Crippen LogP contribution in [0.2, 0.25) is 5.02 Å². The van der Waals surface area contributed by atoms with Crippen LogP contribution in [0.4, 0.5) is 0 Å². The lowest BCUT2D eigenvalue weighted by Gasteiger charge is -2.32. The summed E-state index contributed by atoms with van der Waals surface area (Å²) in [7, 11) is -1.99. The number of nitrogens with zero attached hydrogens (tertiary/aromatic N) is 1. The molecule has 150 valence electrons. The van der Waals surface area contributed by atoms with Gasteiger partial charge in [0.2, 0.25) is 15.9 Å². The molecule has 0 atom stereocenters. The number of likely N-dealkylation sites (tertiary alicyclic amines) is 1. The lowest BCUT2D eigenvalue weighted by molar-refractivity contribution is -0.131. The van der Waals surface area contributed by atoms with Crippen LogP contribution in [0.1, 0.15) is 18.4 Å². The van der Waals surface area contributed by atoms with Crippen LogP contribution in [-0.4, -0.2) is 45.5 Å². The number of hydrogen-bond acceptors (Lipinski definition) is 4. The molecule has 0 radical (unpaired) electrons. The number of carbonyl (C=O) groups excluding carboxylic acids is 1. The fourth-order valence-electron chi connectivity index (χ4n) is 3.18.